The zero-order valence-corrected chi connectivity index (χ0v) is 18.3. The summed E-state index contributed by atoms with van der Waals surface area (Å²) in [6.45, 7) is 2.41. The van der Waals surface area contributed by atoms with Gasteiger partial charge in [0.15, 0.2) is 0 Å². The first-order valence-corrected chi connectivity index (χ1v) is 11.4. The number of pyridine rings is 2. The number of rotatable bonds is 5. The number of aromatic nitrogens is 2. The lowest BCUT2D eigenvalue weighted by Gasteiger charge is -2.31. The van der Waals surface area contributed by atoms with Gasteiger partial charge in [-0.15, -0.1) is 6.42 Å². The van der Waals surface area contributed by atoms with Crippen molar-refractivity contribution in [2.24, 2.45) is 17.8 Å². The summed E-state index contributed by atoms with van der Waals surface area (Å²) in [6.07, 6.45) is 13.2. The second kappa shape index (κ2) is 8.18. The molecule has 0 spiro atoms. The van der Waals surface area contributed by atoms with E-state index in [0.29, 0.717) is 30.0 Å². The number of nitrogens with zero attached hydrogens (tertiary/aromatic N) is 2. The van der Waals surface area contributed by atoms with Crippen molar-refractivity contribution in [2.75, 3.05) is 11.9 Å². The fourth-order valence-corrected chi connectivity index (χ4v) is 5.88. The van der Waals surface area contributed by atoms with E-state index < -0.39 is 5.60 Å². The molecule has 2 aliphatic carbocycles. The third-order valence-corrected chi connectivity index (χ3v) is 7.63. The normalized spacial score (nSPS) is 26.4. The first-order valence-electron chi connectivity index (χ1n) is 11.4. The highest BCUT2D eigenvalue weighted by Gasteiger charge is 2.47. The maximum atomic E-state index is 13.9. The van der Waals surface area contributed by atoms with Gasteiger partial charge in [0.25, 0.3) is 0 Å². The van der Waals surface area contributed by atoms with Crippen LogP contribution in [0, 0.1) is 35.9 Å². The fourth-order valence-electron chi connectivity index (χ4n) is 5.88. The third kappa shape index (κ3) is 3.96. The van der Waals surface area contributed by atoms with Gasteiger partial charge in [0.2, 0.25) is 0 Å². The molecular weight excluding hydrogens is 401 g/mol. The van der Waals surface area contributed by atoms with Crippen LogP contribution in [0.4, 0.5) is 10.1 Å². The van der Waals surface area contributed by atoms with Gasteiger partial charge in [-0.25, -0.2) is 9.37 Å². The lowest BCUT2D eigenvalue weighted by Crippen LogP contribution is -2.40. The van der Waals surface area contributed by atoms with Crippen LogP contribution < -0.4 is 5.32 Å². The zero-order chi connectivity index (χ0) is 22.3. The van der Waals surface area contributed by atoms with E-state index in [0.717, 1.165) is 42.3 Å². The minimum atomic E-state index is -0.795. The van der Waals surface area contributed by atoms with Gasteiger partial charge in [-0.1, -0.05) is 5.92 Å². The smallest absolute Gasteiger partial charge is 0.123 e. The highest BCUT2D eigenvalue weighted by atomic mass is 19.1. The zero-order valence-electron chi connectivity index (χ0n) is 18.3. The van der Waals surface area contributed by atoms with Gasteiger partial charge in [-0.2, -0.15) is 0 Å². The first-order chi connectivity index (χ1) is 15.4. The molecule has 2 heterocycles. The maximum Gasteiger partial charge on any atom is 0.123 e. The van der Waals surface area contributed by atoms with Crippen molar-refractivity contribution in [1.29, 1.82) is 0 Å². The largest absolute Gasteiger partial charge is 0.388 e. The third-order valence-electron chi connectivity index (χ3n) is 7.63. The predicted octanol–water partition coefficient (Wildman–Crippen LogP) is 5.13. The van der Waals surface area contributed by atoms with Crippen LogP contribution in [0.5, 0.6) is 0 Å². The molecule has 1 aromatic carbocycles. The standard InChI is InChI=1S/C27H28FN3O/c1-3-22-5-6-23(15-30-22)31-16-27(2,32)20-12-17-10-19(11-18(17)13-20)24-8-9-29-26-7-4-21(28)14-25(24)26/h1,4-9,14-15,17-20,31-32H,10-13,16H2,2H3/t17-,18+,19-,20+,27?. The van der Waals surface area contributed by atoms with Gasteiger partial charge in [0.05, 0.1) is 23.0 Å². The summed E-state index contributed by atoms with van der Waals surface area (Å²) in [4.78, 5) is 8.60. The Bertz CT molecular complexity index is 1150. The van der Waals surface area contributed by atoms with Gasteiger partial charge in [0, 0.05) is 18.1 Å². The summed E-state index contributed by atoms with van der Waals surface area (Å²) in [6, 6.07) is 10.6. The van der Waals surface area contributed by atoms with Gasteiger partial charge in [-0.05, 0) is 98.2 Å². The van der Waals surface area contributed by atoms with Crippen LogP contribution in [-0.2, 0) is 0 Å². The van der Waals surface area contributed by atoms with E-state index in [1.165, 1.54) is 11.6 Å². The van der Waals surface area contributed by atoms with Gasteiger partial charge >= 0.3 is 0 Å². The van der Waals surface area contributed by atoms with Crippen LogP contribution >= 0.6 is 0 Å². The number of hydrogen-bond acceptors (Lipinski definition) is 4. The number of aliphatic hydroxyl groups is 1. The molecule has 2 saturated carbocycles. The van der Waals surface area contributed by atoms with E-state index in [9.17, 15) is 9.50 Å². The molecular formula is C27H28FN3O. The molecule has 32 heavy (non-hydrogen) atoms. The Morgan fingerprint density at radius 3 is 2.59 bits per heavy atom. The Labute approximate surface area is 188 Å². The predicted molar refractivity (Wildman–Crippen MR) is 125 cm³/mol. The molecule has 1 unspecified atom stereocenters. The Hall–Kier alpha value is -2.97. The van der Waals surface area contributed by atoms with Crippen LogP contribution in [0.15, 0.2) is 48.8 Å². The molecule has 0 radical (unpaired) electrons. The molecule has 2 N–H and O–H groups in total. The van der Waals surface area contributed by atoms with Crippen LogP contribution in [0.3, 0.4) is 0 Å². The summed E-state index contributed by atoms with van der Waals surface area (Å²) in [5.41, 5.74) is 2.75. The molecule has 0 aliphatic heterocycles. The summed E-state index contributed by atoms with van der Waals surface area (Å²) in [5.74, 6) is 4.20. The SMILES string of the molecule is C#Cc1ccc(NCC(C)(O)[C@H]2C[C@H]3C[C@@H](c4ccnc5ccc(F)cc45)C[C@H]3C2)cn1. The van der Waals surface area contributed by atoms with Crippen molar-refractivity contribution in [3.63, 3.8) is 0 Å². The van der Waals surface area contributed by atoms with Gasteiger partial charge in [0.1, 0.15) is 11.5 Å². The molecule has 3 aromatic rings. The summed E-state index contributed by atoms with van der Waals surface area (Å²) >= 11 is 0. The molecule has 0 amide bonds. The Balaban J connectivity index is 1.23. The minimum Gasteiger partial charge on any atom is -0.388 e. The van der Waals surface area contributed by atoms with E-state index in [-0.39, 0.29) is 11.7 Å². The second-order valence-corrected chi connectivity index (χ2v) is 9.71. The average molecular weight is 430 g/mol. The molecule has 0 bridgehead atoms. The summed E-state index contributed by atoms with van der Waals surface area (Å²) < 4.78 is 13.9. The van der Waals surface area contributed by atoms with E-state index in [4.69, 9.17) is 6.42 Å². The molecule has 2 fully saturated rings. The van der Waals surface area contributed by atoms with Crippen molar-refractivity contribution in [3.8, 4) is 12.3 Å². The first kappa shape index (κ1) is 20.9. The number of fused-ring (bicyclic) bond motifs is 2. The topological polar surface area (TPSA) is 58.0 Å². The number of halogens is 1. The number of benzene rings is 1. The van der Waals surface area contributed by atoms with E-state index in [1.807, 2.05) is 19.2 Å². The molecule has 5 rings (SSSR count). The number of nitrogens with one attached hydrogen (secondary N) is 1. The maximum absolute atomic E-state index is 13.9. The van der Waals surface area contributed by atoms with E-state index >= 15 is 0 Å². The average Bonchev–Trinajstić information content (AvgIpc) is 3.38. The molecule has 5 heteroatoms. The second-order valence-electron chi connectivity index (χ2n) is 9.71. The summed E-state index contributed by atoms with van der Waals surface area (Å²) in [7, 11) is 0. The van der Waals surface area contributed by atoms with Crippen molar-refractivity contribution in [2.45, 2.75) is 44.1 Å². The summed E-state index contributed by atoms with van der Waals surface area (Å²) in [5, 5.41) is 15.5. The van der Waals surface area contributed by atoms with E-state index in [1.54, 1.807) is 24.4 Å². The highest BCUT2D eigenvalue weighted by Crippen LogP contribution is 2.55. The number of terminal acetylenes is 1. The molecule has 0 saturated heterocycles. The van der Waals surface area contributed by atoms with Crippen molar-refractivity contribution in [3.05, 3.63) is 65.9 Å². The number of hydrogen-bond donors (Lipinski definition) is 2. The van der Waals surface area contributed by atoms with Crippen molar-refractivity contribution in [1.82, 2.24) is 9.97 Å². The molecule has 5 atom stereocenters. The monoisotopic (exact) mass is 429 g/mol. The minimum absolute atomic E-state index is 0.210. The molecule has 4 nitrogen and oxygen atoms in total. The Kier molecular flexibility index (Phi) is 5.35. The lowest BCUT2D eigenvalue weighted by atomic mass is 9.83. The quantitative estimate of drug-likeness (QED) is 0.552. The fraction of sp³-hybridized carbons (Fsp3) is 0.407. The van der Waals surface area contributed by atoms with Crippen molar-refractivity contribution < 1.29 is 9.50 Å². The van der Waals surface area contributed by atoms with Crippen LogP contribution in [0.2, 0.25) is 0 Å². The number of anilines is 1. The molecule has 2 aromatic heterocycles. The van der Waals surface area contributed by atoms with Crippen LogP contribution in [0.25, 0.3) is 10.9 Å². The van der Waals surface area contributed by atoms with E-state index in [2.05, 4.69) is 27.3 Å². The lowest BCUT2D eigenvalue weighted by molar-refractivity contribution is 0.0104. The Morgan fingerprint density at radius 2 is 1.91 bits per heavy atom. The highest BCUT2D eigenvalue weighted by molar-refractivity contribution is 5.82. The van der Waals surface area contributed by atoms with Crippen LogP contribution in [-0.4, -0.2) is 27.2 Å². The van der Waals surface area contributed by atoms with Crippen LogP contribution in [0.1, 0.15) is 49.8 Å². The van der Waals surface area contributed by atoms with Gasteiger partial charge in [-0.3, -0.25) is 4.98 Å². The van der Waals surface area contributed by atoms with Crippen molar-refractivity contribution >= 4 is 16.6 Å². The molecule has 2 aliphatic rings. The Morgan fingerprint density at radius 1 is 1.12 bits per heavy atom. The van der Waals surface area contributed by atoms with Gasteiger partial charge < -0.3 is 10.4 Å². The molecule has 164 valence electrons.